The fourth-order valence-corrected chi connectivity index (χ4v) is 7.39. The van der Waals surface area contributed by atoms with Gasteiger partial charge < -0.3 is 20.3 Å². The molecule has 0 aromatic rings. The predicted octanol–water partition coefficient (Wildman–Crippen LogP) is 14.3. The summed E-state index contributed by atoms with van der Waals surface area (Å²) in [5, 5.41) is 22.9. The summed E-state index contributed by atoms with van der Waals surface area (Å²) in [7, 11) is 0. The number of aliphatic hydroxyl groups is 2. The highest BCUT2D eigenvalue weighted by molar-refractivity contribution is 5.76. The molecule has 0 spiro atoms. The lowest BCUT2D eigenvalue weighted by Gasteiger charge is -2.20. The maximum absolute atomic E-state index is 12.4. The van der Waals surface area contributed by atoms with Crippen LogP contribution in [0.5, 0.6) is 0 Å². The van der Waals surface area contributed by atoms with Gasteiger partial charge in [0, 0.05) is 12.8 Å². The molecule has 0 aromatic carbocycles. The lowest BCUT2D eigenvalue weighted by molar-refractivity contribution is -0.143. The van der Waals surface area contributed by atoms with Crippen LogP contribution >= 0.6 is 0 Å². The summed E-state index contributed by atoms with van der Waals surface area (Å²) in [4.78, 5) is 24.4. The Morgan fingerprint density at radius 2 is 0.839 bits per heavy atom. The van der Waals surface area contributed by atoms with Gasteiger partial charge in [-0.3, -0.25) is 9.59 Å². The molecule has 0 aromatic heterocycles. The van der Waals surface area contributed by atoms with Crippen molar-refractivity contribution in [2.75, 3.05) is 13.2 Å². The molecule has 0 bridgehead atoms. The van der Waals surface area contributed by atoms with Gasteiger partial charge >= 0.3 is 5.97 Å². The third kappa shape index (κ3) is 42.0. The van der Waals surface area contributed by atoms with Crippen molar-refractivity contribution in [1.29, 1.82) is 0 Å². The second-order valence-electron chi connectivity index (χ2n) is 16.8. The first-order valence-electron chi connectivity index (χ1n) is 24.6. The summed E-state index contributed by atoms with van der Waals surface area (Å²) >= 11 is 0. The Bertz CT molecular complexity index is 874. The molecule has 0 saturated heterocycles. The number of hydrogen-bond acceptors (Lipinski definition) is 5. The van der Waals surface area contributed by atoms with Crippen LogP contribution < -0.4 is 5.32 Å². The summed E-state index contributed by atoms with van der Waals surface area (Å²) in [6, 6.07) is -0.631. The molecule has 1 amide bonds. The average Bonchev–Trinajstić information content (AvgIpc) is 3.20. The van der Waals surface area contributed by atoms with E-state index in [-0.39, 0.29) is 18.5 Å². The lowest BCUT2D eigenvalue weighted by Crippen LogP contribution is -2.45. The number of esters is 1. The first-order chi connectivity index (χ1) is 27.5. The molecule has 0 heterocycles. The average molecular weight is 790 g/mol. The highest BCUT2D eigenvalue weighted by atomic mass is 16.5. The van der Waals surface area contributed by atoms with Crippen LogP contribution in [0.2, 0.25) is 0 Å². The molecule has 0 aliphatic rings. The maximum atomic E-state index is 12.4. The van der Waals surface area contributed by atoms with E-state index < -0.39 is 12.1 Å². The molecular formula is C50H95NO5. The van der Waals surface area contributed by atoms with E-state index in [1.165, 1.54) is 186 Å². The van der Waals surface area contributed by atoms with E-state index in [0.717, 1.165) is 44.9 Å². The molecule has 0 aliphatic heterocycles. The molecule has 0 radical (unpaired) electrons. The Morgan fingerprint density at radius 3 is 1.29 bits per heavy atom. The minimum atomic E-state index is -0.846. The highest BCUT2D eigenvalue weighted by Crippen LogP contribution is 2.15. The fraction of sp³-hybridized carbons (Fsp3) is 0.880. The van der Waals surface area contributed by atoms with Crippen molar-refractivity contribution in [1.82, 2.24) is 5.32 Å². The number of carbonyl (C=O) groups excluding carboxylic acids is 2. The molecular weight excluding hydrogens is 695 g/mol. The molecule has 56 heavy (non-hydrogen) atoms. The topological polar surface area (TPSA) is 95.9 Å². The summed E-state index contributed by atoms with van der Waals surface area (Å²) in [6.07, 6.45) is 53.1. The number of unbranched alkanes of at least 4 members (excludes halogenated alkanes) is 32. The quantitative estimate of drug-likeness (QED) is 0.0324. The largest absolute Gasteiger partial charge is 0.466 e. The Kier molecular flexibility index (Phi) is 44.7. The van der Waals surface area contributed by atoms with Crippen LogP contribution in [-0.2, 0) is 14.3 Å². The smallest absolute Gasteiger partial charge is 0.305 e. The van der Waals surface area contributed by atoms with Crippen molar-refractivity contribution in [3.8, 4) is 0 Å². The normalized spacial score (nSPS) is 12.9. The SMILES string of the molecule is CCCCCC/C=C\CCCCCCCC(=O)OCCCCCCCCCCCCCCCCCCC(=O)NC(CO)C(O)/C=C/CCCCCCCCCC. The maximum Gasteiger partial charge on any atom is 0.305 e. The van der Waals surface area contributed by atoms with E-state index in [0.29, 0.717) is 19.4 Å². The standard InChI is InChI=1S/C50H95NO5/c1-3-5-7-9-11-13-15-20-24-28-32-36-40-44-50(55)56-45-41-37-33-29-25-22-19-17-16-18-21-23-27-31-35-39-43-49(54)51-47(46-52)48(53)42-38-34-30-26-14-12-10-8-6-4-2/h13,15,38,42,47-48,52-53H,3-12,14,16-37,39-41,43-46H2,1-2H3,(H,51,54)/b15-13-,42-38+. The van der Waals surface area contributed by atoms with Gasteiger partial charge in [-0.2, -0.15) is 0 Å². The Morgan fingerprint density at radius 1 is 0.482 bits per heavy atom. The van der Waals surface area contributed by atoms with Crippen molar-refractivity contribution in [2.45, 2.75) is 270 Å². The molecule has 2 unspecified atom stereocenters. The van der Waals surface area contributed by atoms with Gasteiger partial charge in [-0.1, -0.05) is 212 Å². The second kappa shape index (κ2) is 46.0. The van der Waals surface area contributed by atoms with Crippen molar-refractivity contribution in [3.05, 3.63) is 24.3 Å². The highest BCUT2D eigenvalue weighted by Gasteiger charge is 2.18. The minimum absolute atomic E-state index is 0.00784. The minimum Gasteiger partial charge on any atom is -0.466 e. The van der Waals surface area contributed by atoms with Gasteiger partial charge in [0.2, 0.25) is 5.91 Å². The molecule has 0 rings (SSSR count). The van der Waals surface area contributed by atoms with Crippen molar-refractivity contribution in [3.63, 3.8) is 0 Å². The number of rotatable bonds is 45. The number of amides is 1. The third-order valence-corrected chi connectivity index (χ3v) is 11.2. The van der Waals surface area contributed by atoms with Gasteiger partial charge in [0.1, 0.15) is 0 Å². The lowest BCUT2D eigenvalue weighted by atomic mass is 10.0. The summed E-state index contributed by atoms with van der Waals surface area (Å²) in [5.74, 6) is -0.0853. The molecule has 2 atom stereocenters. The van der Waals surface area contributed by atoms with Gasteiger partial charge in [0.15, 0.2) is 0 Å². The monoisotopic (exact) mass is 790 g/mol. The molecule has 0 aliphatic carbocycles. The second-order valence-corrected chi connectivity index (χ2v) is 16.8. The number of hydrogen-bond donors (Lipinski definition) is 3. The summed E-state index contributed by atoms with van der Waals surface area (Å²) in [5.41, 5.74) is 0. The molecule has 0 fully saturated rings. The van der Waals surface area contributed by atoms with Crippen LogP contribution in [0.25, 0.3) is 0 Å². The first-order valence-corrected chi connectivity index (χ1v) is 24.6. The number of carbonyl (C=O) groups is 2. The molecule has 3 N–H and O–H groups in total. The van der Waals surface area contributed by atoms with E-state index >= 15 is 0 Å². The van der Waals surface area contributed by atoms with Gasteiger partial charge in [0.05, 0.1) is 25.4 Å². The van der Waals surface area contributed by atoms with Gasteiger partial charge in [-0.25, -0.2) is 0 Å². The van der Waals surface area contributed by atoms with E-state index in [1.807, 2.05) is 6.08 Å². The van der Waals surface area contributed by atoms with Gasteiger partial charge in [-0.05, 0) is 57.8 Å². The fourth-order valence-electron chi connectivity index (χ4n) is 7.39. The zero-order valence-electron chi connectivity index (χ0n) is 37.4. The van der Waals surface area contributed by atoms with Crippen molar-refractivity contribution in [2.24, 2.45) is 0 Å². The van der Waals surface area contributed by atoms with E-state index in [1.54, 1.807) is 6.08 Å². The predicted molar refractivity (Wildman–Crippen MR) is 241 cm³/mol. The summed E-state index contributed by atoms with van der Waals surface area (Å²) < 4.78 is 5.45. The summed E-state index contributed by atoms with van der Waals surface area (Å²) in [6.45, 7) is 4.84. The van der Waals surface area contributed by atoms with Crippen LogP contribution in [0.3, 0.4) is 0 Å². The van der Waals surface area contributed by atoms with Crippen LogP contribution in [0.15, 0.2) is 24.3 Å². The van der Waals surface area contributed by atoms with Gasteiger partial charge in [-0.15, -0.1) is 0 Å². The number of ether oxygens (including phenoxy) is 1. The number of nitrogens with one attached hydrogen (secondary N) is 1. The van der Waals surface area contributed by atoms with Crippen LogP contribution in [0, 0.1) is 0 Å². The third-order valence-electron chi connectivity index (χ3n) is 11.2. The molecule has 6 heteroatoms. The molecule has 330 valence electrons. The Hall–Kier alpha value is -1.66. The zero-order valence-corrected chi connectivity index (χ0v) is 37.4. The van der Waals surface area contributed by atoms with E-state index in [4.69, 9.17) is 4.74 Å². The molecule has 6 nitrogen and oxygen atoms in total. The van der Waals surface area contributed by atoms with Crippen LogP contribution in [0.4, 0.5) is 0 Å². The number of allylic oxidation sites excluding steroid dienone is 3. The van der Waals surface area contributed by atoms with Crippen LogP contribution in [0.1, 0.15) is 258 Å². The Balaban J connectivity index is 3.44. The van der Waals surface area contributed by atoms with E-state index in [9.17, 15) is 19.8 Å². The van der Waals surface area contributed by atoms with Crippen molar-refractivity contribution < 1.29 is 24.5 Å². The molecule has 0 saturated carbocycles. The van der Waals surface area contributed by atoms with Gasteiger partial charge in [0.25, 0.3) is 0 Å². The van der Waals surface area contributed by atoms with E-state index in [2.05, 4.69) is 31.3 Å². The van der Waals surface area contributed by atoms with Crippen LogP contribution in [-0.4, -0.2) is 47.4 Å². The zero-order chi connectivity index (χ0) is 40.8. The first kappa shape index (κ1) is 54.3. The van der Waals surface area contributed by atoms with Crippen molar-refractivity contribution >= 4 is 11.9 Å². The number of aliphatic hydroxyl groups excluding tert-OH is 2. The Labute approximate surface area is 348 Å².